The summed E-state index contributed by atoms with van der Waals surface area (Å²) in [4.78, 5) is 0. The van der Waals surface area contributed by atoms with Gasteiger partial charge in [-0.15, -0.1) is 0 Å². The van der Waals surface area contributed by atoms with Crippen molar-refractivity contribution >= 4 is 9.84 Å². The Morgan fingerprint density at radius 1 is 1.23 bits per heavy atom. The van der Waals surface area contributed by atoms with Gasteiger partial charge in [-0.2, -0.15) is 0 Å². The molecule has 0 radical (unpaired) electrons. The molecule has 5 atom stereocenters. The van der Waals surface area contributed by atoms with E-state index in [0.717, 1.165) is 6.42 Å². The van der Waals surface area contributed by atoms with Gasteiger partial charge in [-0.05, 0) is 36.0 Å². The van der Waals surface area contributed by atoms with Crippen molar-refractivity contribution in [1.29, 1.82) is 0 Å². The summed E-state index contributed by atoms with van der Waals surface area (Å²) in [5, 5.41) is 0.0405. The lowest BCUT2D eigenvalue weighted by atomic mass is 9.73. The van der Waals surface area contributed by atoms with E-state index in [9.17, 15) is 8.42 Å². The molecule has 5 unspecified atom stereocenters. The summed E-state index contributed by atoms with van der Waals surface area (Å²) in [7, 11) is -2.70. The minimum atomic E-state index is -2.70. The predicted molar refractivity (Wildman–Crippen MR) is 51.1 cm³/mol. The van der Waals surface area contributed by atoms with Crippen molar-refractivity contribution in [2.75, 3.05) is 5.75 Å². The third-order valence-electron chi connectivity index (χ3n) is 5.02. The molecule has 2 bridgehead atoms. The van der Waals surface area contributed by atoms with E-state index in [0.29, 0.717) is 28.9 Å². The van der Waals surface area contributed by atoms with E-state index >= 15 is 0 Å². The maximum Gasteiger partial charge on any atom is 0.153 e. The normalized spacial score (nSPS) is 61.7. The largest absolute Gasteiger partial charge is 0.229 e. The standard InChI is InChI=1S/C10H16O2S/c1-6-8-5-13(11,12)9-4-10(6,2)3-7(8)9/h6-9H,3-5H2,1-2H3. The van der Waals surface area contributed by atoms with E-state index in [1.165, 1.54) is 6.42 Å². The summed E-state index contributed by atoms with van der Waals surface area (Å²) >= 11 is 0. The Morgan fingerprint density at radius 2 is 1.92 bits per heavy atom. The van der Waals surface area contributed by atoms with Crippen LogP contribution in [0.3, 0.4) is 0 Å². The average Bonchev–Trinajstić information content (AvgIpc) is 2.52. The molecule has 3 rings (SSSR count). The molecule has 3 aliphatic rings. The summed E-state index contributed by atoms with van der Waals surface area (Å²) in [6.07, 6.45) is 2.11. The molecule has 2 nitrogen and oxygen atoms in total. The maximum absolute atomic E-state index is 11.8. The van der Waals surface area contributed by atoms with Crippen LogP contribution in [0.2, 0.25) is 0 Å². The van der Waals surface area contributed by atoms with Crippen molar-refractivity contribution < 1.29 is 8.42 Å². The highest BCUT2D eigenvalue weighted by Gasteiger charge is 2.65. The Hall–Kier alpha value is -0.0500. The third-order valence-corrected chi connectivity index (χ3v) is 7.31. The number of hydrogen-bond donors (Lipinski definition) is 0. The van der Waals surface area contributed by atoms with E-state index in [4.69, 9.17) is 0 Å². The lowest BCUT2D eigenvalue weighted by Gasteiger charge is -2.31. The highest BCUT2D eigenvalue weighted by Crippen LogP contribution is 2.65. The highest BCUT2D eigenvalue weighted by molar-refractivity contribution is 7.92. The van der Waals surface area contributed by atoms with Crippen LogP contribution >= 0.6 is 0 Å². The summed E-state index contributed by atoms with van der Waals surface area (Å²) in [6, 6.07) is 0. The SMILES string of the molecule is CC1C2CS(=O)(=O)C3CC1(C)CC23. The molecule has 0 N–H and O–H groups in total. The van der Waals surface area contributed by atoms with Crippen molar-refractivity contribution in [2.45, 2.75) is 31.9 Å². The Balaban J connectivity index is 2.14. The molecule has 0 amide bonds. The first-order valence-corrected chi connectivity index (χ1v) is 6.87. The molecule has 3 heteroatoms. The number of rotatable bonds is 0. The first kappa shape index (κ1) is 8.27. The second-order valence-corrected chi connectivity index (χ2v) is 7.81. The number of fused-ring (bicyclic) bond motifs is 1. The van der Waals surface area contributed by atoms with E-state index in [1.807, 2.05) is 0 Å². The second kappa shape index (κ2) is 1.97. The van der Waals surface area contributed by atoms with E-state index in [-0.39, 0.29) is 5.25 Å². The van der Waals surface area contributed by atoms with Crippen LogP contribution in [-0.4, -0.2) is 19.4 Å². The zero-order valence-electron chi connectivity index (χ0n) is 8.16. The monoisotopic (exact) mass is 200 g/mol. The minimum absolute atomic E-state index is 0.0405. The van der Waals surface area contributed by atoms with Crippen molar-refractivity contribution in [3.8, 4) is 0 Å². The molecule has 74 valence electrons. The van der Waals surface area contributed by atoms with E-state index < -0.39 is 9.84 Å². The lowest BCUT2D eigenvalue weighted by molar-refractivity contribution is 0.191. The lowest BCUT2D eigenvalue weighted by Crippen LogP contribution is -2.29. The molecule has 3 fully saturated rings. The van der Waals surface area contributed by atoms with Crippen LogP contribution in [0.1, 0.15) is 26.7 Å². The Labute approximate surface area is 79.6 Å². The molecule has 0 spiro atoms. The molecule has 2 aliphatic carbocycles. The van der Waals surface area contributed by atoms with E-state index in [2.05, 4.69) is 13.8 Å². The van der Waals surface area contributed by atoms with Crippen LogP contribution in [0, 0.1) is 23.2 Å². The van der Waals surface area contributed by atoms with Crippen LogP contribution in [0.5, 0.6) is 0 Å². The molecule has 0 aromatic heterocycles. The average molecular weight is 200 g/mol. The predicted octanol–water partition coefficient (Wildman–Crippen LogP) is 1.47. The third kappa shape index (κ3) is 0.780. The molecular formula is C10H16O2S. The molecule has 1 saturated heterocycles. The van der Waals surface area contributed by atoms with Crippen molar-refractivity contribution in [3.05, 3.63) is 0 Å². The molecule has 13 heavy (non-hydrogen) atoms. The summed E-state index contributed by atoms with van der Waals surface area (Å²) in [6.45, 7) is 4.53. The fourth-order valence-electron chi connectivity index (χ4n) is 4.10. The molecular weight excluding hydrogens is 184 g/mol. The van der Waals surface area contributed by atoms with Crippen LogP contribution in [0.4, 0.5) is 0 Å². The summed E-state index contributed by atoms with van der Waals surface area (Å²) in [5.74, 6) is 2.13. The molecule has 1 aliphatic heterocycles. The van der Waals surface area contributed by atoms with Gasteiger partial charge in [-0.25, -0.2) is 8.42 Å². The van der Waals surface area contributed by atoms with Crippen LogP contribution in [0.15, 0.2) is 0 Å². The van der Waals surface area contributed by atoms with Crippen LogP contribution in [0.25, 0.3) is 0 Å². The summed E-state index contributed by atoms with van der Waals surface area (Å²) < 4.78 is 23.5. The second-order valence-electron chi connectivity index (χ2n) is 5.55. The van der Waals surface area contributed by atoms with Gasteiger partial charge in [-0.3, -0.25) is 0 Å². The van der Waals surface area contributed by atoms with Crippen molar-refractivity contribution in [2.24, 2.45) is 23.2 Å². The smallest absolute Gasteiger partial charge is 0.153 e. The number of sulfone groups is 1. The van der Waals surface area contributed by atoms with Gasteiger partial charge in [0.05, 0.1) is 11.0 Å². The van der Waals surface area contributed by atoms with Crippen LogP contribution < -0.4 is 0 Å². The van der Waals surface area contributed by atoms with Gasteiger partial charge >= 0.3 is 0 Å². The zero-order valence-corrected chi connectivity index (χ0v) is 8.97. The first-order valence-electron chi connectivity index (χ1n) is 5.16. The van der Waals surface area contributed by atoms with Gasteiger partial charge < -0.3 is 0 Å². The van der Waals surface area contributed by atoms with Crippen molar-refractivity contribution in [3.63, 3.8) is 0 Å². The fourth-order valence-corrected chi connectivity index (χ4v) is 6.89. The summed E-state index contributed by atoms with van der Waals surface area (Å²) in [5.41, 5.74) is 0.351. The van der Waals surface area contributed by atoms with E-state index in [1.54, 1.807) is 0 Å². The Bertz CT molecular complexity index is 359. The van der Waals surface area contributed by atoms with Gasteiger partial charge in [0.25, 0.3) is 0 Å². The molecule has 0 aromatic carbocycles. The quantitative estimate of drug-likeness (QED) is 0.593. The van der Waals surface area contributed by atoms with Crippen molar-refractivity contribution in [1.82, 2.24) is 0 Å². The fraction of sp³-hybridized carbons (Fsp3) is 1.00. The molecule has 1 heterocycles. The van der Waals surface area contributed by atoms with Gasteiger partial charge in [0, 0.05) is 0 Å². The first-order chi connectivity index (χ1) is 5.94. The maximum atomic E-state index is 11.8. The van der Waals surface area contributed by atoms with Gasteiger partial charge in [0.1, 0.15) is 0 Å². The van der Waals surface area contributed by atoms with Gasteiger partial charge in [-0.1, -0.05) is 13.8 Å². The Morgan fingerprint density at radius 3 is 2.46 bits per heavy atom. The highest BCUT2D eigenvalue weighted by atomic mass is 32.2. The Kier molecular flexibility index (Phi) is 1.26. The van der Waals surface area contributed by atoms with Gasteiger partial charge in [0.15, 0.2) is 9.84 Å². The van der Waals surface area contributed by atoms with Gasteiger partial charge in [0.2, 0.25) is 0 Å². The van der Waals surface area contributed by atoms with Crippen LogP contribution in [-0.2, 0) is 9.84 Å². The zero-order chi connectivity index (χ0) is 9.43. The minimum Gasteiger partial charge on any atom is -0.229 e. The topological polar surface area (TPSA) is 34.1 Å². The molecule has 2 saturated carbocycles. The number of hydrogen-bond acceptors (Lipinski definition) is 2. The molecule has 0 aromatic rings.